The van der Waals surface area contributed by atoms with Crippen LogP contribution in [0.15, 0.2) is 47.8 Å². The predicted octanol–water partition coefficient (Wildman–Crippen LogP) is 6.07. The molecule has 0 atom stereocenters. The number of anilines is 1. The first-order chi connectivity index (χ1) is 19.4. The van der Waals surface area contributed by atoms with Crippen LogP contribution >= 0.6 is 22.7 Å². The SMILES string of the molecule is C.C.C.CCOc1cnnc2sc3c(=O)n(-c4ccc(C)cc4)cnc3c12.COC(=O)c1sc2nncc(OC)c2c1N. The fourth-order valence-electron chi connectivity index (χ4n) is 3.94. The first-order valence-electron chi connectivity index (χ1n) is 11.9. The second-order valence-electron chi connectivity index (χ2n) is 8.29. The largest absolute Gasteiger partial charge is 0.494 e. The van der Waals surface area contributed by atoms with Crippen molar-refractivity contribution >= 4 is 65.0 Å². The number of benzene rings is 1. The molecule has 0 radical (unpaired) electrons. The van der Waals surface area contributed by atoms with Gasteiger partial charge in [0.1, 0.15) is 21.4 Å². The second kappa shape index (κ2) is 14.5. The Balaban J connectivity index is 0.000000301. The molecule has 43 heavy (non-hydrogen) atoms. The summed E-state index contributed by atoms with van der Waals surface area (Å²) < 4.78 is 17.4. The Morgan fingerprint density at radius 2 is 1.58 bits per heavy atom. The van der Waals surface area contributed by atoms with Crippen molar-refractivity contribution < 1.29 is 19.0 Å². The van der Waals surface area contributed by atoms with E-state index in [1.807, 2.05) is 38.1 Å². The number of aromatic nitrogens is 6. The Labute approximate surface area is 257 Å². The van der Waals surface area contributed by atoms with Gasteiger partial charge in [-0.1, -0.05) is 40.0 Å². The smallest absolute Gasteiger partial charge is 0.350 e. The lowest BCUT2D eigenvalue weighted by molar-refractivity contribution is 0.0607. The van der Waals surface area contributed by atoms with Crippen molar-refractivity contribution in [3.8, 4) is 17.2 Å². The zero-order valence-electron chi connectivity index (χ0n) is 21.9. The molecule has 0 bridgehead atoms. The molecule has 0 spiro atoms. The van der Waals surface area contributed by atoms with Crippen LogP contribution in [0.2, 0.25) is 0 Å². The minimum Gasteiger partial charge on any atom is -0.494 e. The number of aryl methyl sites for hydroxylation is 1. The van der Waals surface area contributed by atoms with E-state index in [4.69, 9.17) is 15.2 Å². The van der Waals surface area contributed by atoms with Crippen molar-refractivity contribution in [2.24, 2.45) is 0 Å². The molecule has 5 aromatic heterocycles. The van der Waals surface area contributed by atoms with Gasteiger partial charge in [0.2, 0.25) is 0 Å². The third kappa shape index (κ3) is 6.39. The van der Waals surface area contributed by atoms with E-state index in [9.17, 15) is 9.59 Å². The highest BCUT2D eigenvalue weighted by molar-refractivity contribution is 7.25. The molecule has 0 aliphatic heterocycles. The predicted molar refractivity (Wildman–Crippen MR) is 174 cm³/mol. The summed E-state index contributed by atoms with van der Waals surface area (Å²) in [6.07, 6.45) is 4.56. The van der Waals surface area contributed by atoms with Crippen LogP contribution in [0.3, 0.4) is 0 Å². The molecule has 0 saturated heterocycles. The quantitative estimate of drug-likeness (QED) is 0.222. The third-order valence-electron chi connectivity index (χ3n) is 5.85. The van der Waals surface area contributed by atoms with Gasteiger partial charge in [0, 0.05) is 0 Å². The van der Waals surface area contributed by atoms with E-state index >= 15 is 0 Å². The van der Waals surface area contributed by atoms with Crippen LogP contribution in [-0.2, 0) is 4.74 Å². The summed E-state index contributed by atoms with van der Waals surface area (Å²) in [6, 6.07) is 7.75. The van der Waals surface area contributed by atoms with E-state index in [1.165, 1.54) is 31.8 Å². The average molecular weight is 626 g/mol. The second-order valence-corrected chi connectivity index (χ2v) is 10.3. The van der Waals surface area contributed by atoms with Gasteiger partial charge in [0.15, 0.2) is 21.2 Å². The Morgan fingerprint density at radius 3 is 2.19 bits per heavy atom. The molecule has 6 aromatic rings. The molecular weight excluding hydrogens is 590 g/mol. The molecule has 2 N–H and O–H groups in total. The summed E-state index contributed by atoms with van der Waals surface area (Å²) in [6.45, 7) is 4.42. The molecule has 228 valence electrons. The molecule has 0 saturated carbocycles. The number of carbonyl (C=O) groups excluding carboxylic acids is 1. The van der Waals surface area contributed by atoms with Crippen molar-refractivity contribution in [2.75, 3.05) is 26.6 Å². The van der Waals surface area contributed by atoms with Crippen molar-refractivity contribution in [1.82, 2.24) is 29.9 Å². The van der Waals surface area contributed by atoms with E-state index in [0.29, 0.717) is 53.9 Å². The van der Waals surface area contributed by atoms with Crippen LogP contribution in [0, 0.1) is 6.92 Å². The van der Waals surface area contributed by atoms with E-state index in [1.54, 1.807) is 17.1 Å². The van der Waals surface area contributed by atoms with Crippen molar-refractivity contribution in [2.45, 2.75) is 36.1 Å². The average Bonchev–Trinajstić information content (AvgIpc) is 3.53. The van der Waals surface area contributed by atoms with Gasteiger partial charge in [-0.3, -0.25) is 9.36 Å². The van der Waals surface area contributed by atoms with Crippen molar-refractivity contribution in [3.05, 3.63) is 63.8 Å². The fourth-order valence-corrected chi connectivity index (χ4v) is 5.93. The molecule has 0 aliphatic carbocycles. The topological polar surface area (TPSA) is 157 Å². The minimum atomic E-state index is -0.484. The summed E-state index contributed by atoms with van der Waals surface area (Å²) in [5.74, 6) is 0.616. The molecule has 0 fully saturated rings. The van der Waals surface area contributed by atoms with Crippen LogP contribution in [0.25, 0.3) is 36.3 Å². The molecule has 6 rings (SSSR count). The number of hydrogen-bond donors (Lipinski definition) is 1. The van der Waals surface area contributed by atoms with E-state index in [2.05, 4.69) is 30.1 Å². The number of esters is 1. The molecule has 12 nitrogen and oxygen atoms in total. The summed E-state index contributed by atoms with van der Waals surface area (Å²) >= 11 is 2.42. The Bertz CT molecular complexity index is 1920. The zero-order chi connectivity index (χ0) is 28.4. The van der Waals surface area contributed by atoms with Gasteiger partial charge in [-0.25, -0.2) is 9.78 Å². The van der Waals surface area contributed by atoms with Crippen LogP contribution in [0.5, 0.6) is 11.5 Å². The summed E-state index contributed by atoms with van der Waals surface area (Å²) in [5, 5.41) is 17.1. The van der Waals surface area contributed by atoms with Gasteiger partial charge in [0.25, 0.3) is 5.56 Å². The lowest BCUT2D eigenvalue weighted by Gasteiger charge is -2.06. The van der Waals surface area contributed by atoms with Crippen LogP contribution < -0.4 is 20.8 Å². The Morgan fingerprint density at radius 1 is 0.953 bits per heavy atom. The first-order valence-corrected chi connectivity index (χ1v) is 13.5. The molecule has 0 unspecified atom stereocenters. The number of fused-ring (bicyclic) bond motifs is 4. The van der Waals surface area contributed by atoms with Gasteiger partial charge in [0.05, 0.1) is 55.4 Å². The summed E-state index contributed by atoms with van der Waals surface area (Å²) in [4.78, 5) is 30.3. The molecular formula is C29H35N7O5S2. The normalized spacial score (nSPS) is 10.1. The number of nitrogens with two attached hydrogens (primary N) is 1. The lowest BCUT2D eigenvalue weighted by atomic mass is 10.2. The van der Waals surface area contributed by atoms with Crippen LogP contribution in [-0.4, -0.2) is 56.7 Å². The van der Waals surface area contributed by atoms with Gasteiger partial charge >= 0.3 is 5.97 Å². The van der Waals surface area contributed by atoms with Gasteiger partial charge in [-0.15, -0.1) is 32.9 Å². The standard InChI is InChI=1S/C17H14N4O2S.C9H9N3O3S.3CH4/c1-3-23-12-8-19-20-16-13(12)14-15(24-16)17(22)21(9-18-14)11-6-4-10(2)5-7-11;1-14-4-3-11-12-8-5(4)6(10)7(16-8)9(13)15-2;;;/h4-9H,3H2,1-2H3;3H,10H2,1-2H3;3*1H4. The van der Waals surface area contributed by atoms with Gasteiger partial charge in [-0.05, 0) is 26.0 Å². The molecule has 1 aromatic carbocycles. The highest BCUT2D eigenvalue weighted by Crippen LogP contribution is 2.38. The van der Waals surface area contributed by atoms with E-state index < -0.39 is 5.97 Å². The maximum absolute atomic E-state index is 12.9. The van der Waals surface area contributed by atoms with Crippen LogP contribution in [0.4, 0.5) is 5.69 Å². The molecule has 0 amide bonds. The maximum Gasteiger partial charge on any atom is 0.350 e. The monoisotopic (exact) mass is 625 g/mol. The maximum atomic E-state index is 12.9. The lowest BCUT2D eigenvalue weighted by Crippen LogP contribution is -2.17. The number of methoxy groups -OCH3 is 2. The number of ether oxygens (including phenoxy) is 3. The van der Waals surface area contributed by atoms with E-state index in [-0.39, 0.29) is 27.8 Å². The number of hydrogen-bond acceptors (Lipinski definition) is 13. The number of rotatable bonds is 5. The Kier molecular flexibility index (Phi) is 11.6. The number of thiophene rings is 2. The number of carbonyl (C=O) groups is 1. The first kappa shape index (κ1) is 34.5. The summed E-state index contributed by atoms with van der Waals surface area (Å²) in [7, 11) is 2.81. The highest BCUT2D eigenvalue weighted by atomic mass is 32.1. The highest BCUT2D eigenvalue weighted by Gasteiger charge is 2.21. The molecule has 14 heteroatoms. The fraction of sp³-hybridized carbons (Fsp3) is 0.276. The number of nitrogens with zero attached hydrogens (tertiary/aromatic N) is 6. The number of nitrogen functional groups attached to an aromatic ring is 1. The van der Waals surface area contributed by atoms with Gasteiger partial charge < -0.3 is 19.9 Å². The third-order valence-corrected chi connectivity index (χ3v) is 7.97. The Hall–Kier alpha value is -4.69. The van der Waals surface area contributed by atoms with Crippen LogP contribution in [0.1, 0.15) is 44.4 Å². The minimum absolute atomic E-state index is 0. The van der Waals surface area contributed by atoms with Gasteiger partial charge in [-0.2, -0.15) is 10.2 Å². The summed E-state index contributed by atoms with van der Waals surface area (Å²) in [5.41, 5.74) is 8.59. The van der Waals surface area contributed by atoms with Crippen molar-refractivity contribution in [1.29, 1.82) is 0 Å². The zero-order valence-corrected chi connectivity index (χ0v) is 23.5. The van der Waals surface area contributed by atoms with Crippen molar-refractivity contribution in [3.63, 3.8) is 0 Å². The molecule has 5 heterocycles. The van der Waals surface area contributed by atoms with E-state index in [0.717, 1.165) is 28.0 Å². The molecule has 0 aliphatic rings.